The lowest BCUT2D eigenvalue weighted by atomic mass is 10.2. The second-order valence-electron chi connectivity index (χ2n) is 3.88. The highest BCUT2D eigenvalue weighted by Gasteiger charge is 2.21. The number of carbonyl (C=O) groups is 1. The van der Waals surface area contributed by atoms with E-state index in [1.807, 2.05) is 40.7 Å². The summed E-state index contributed by atoms with van der Waals surface area (Å²) in [6.07, 6.45) is 6.63. The van der Waals surface area contributed by atoms with E-state index in [0.29, 0.717) is 6.54 Å². The van der Waals surface area contributed by atoms with Crippen LogP contribution in [0.4, 0.5) is 4.79 Å². The van der Waals surface area contributed by atoms with Gasteiger partial charge < -0.3 is 5.32 Å². The molecule has 1 saturated heterocycles. The van der Waals surface area contributed by atoms with Crippen molar-refractivity contribution in [2.45, 2.75) is 67.7 Å². The van der Waals surface area contributed by atoms with Gasteiger partial charge >= 0.3 is 6.03 Å². The van der Waals surface area contributed by atoms with Gasteiger partial charge in [-0.2, -0.15) is 0 Å². The highest BCUT2D eigenvalue weighted by molar-refractivity contribution is 5.79. The average Bonchev–Trinajstić information content (AvgIpc) is 2.50. The Morgan fingerprint density at radius 1 is 1.24 bits per heavy atom. The smallest absolute Gasteiger partial charge is 0.312 e. The van der Waals surface area contributed by atoms with Crippen LogP contribution >= 0.6 is 0 Å². The molecular weight excluding hydrogens is 260 g/mol. The van der Waals surface area contributed by atoms with Crippen molar-refractivity contribution in [2.75, 3.05) is 6.54 Å². The second kappa shape index (κ2) is 18.5. The van der Waals surface area contributed by atoms with Gasteiger partial charge in [0.05, 0.1) is 0 Å². The first-order valence-electron chi connectivity index (χ1n) is 8.19. The van der Waals surface area contributed by atoms with Crippen LogP contribution in [0.3, 0.4) is 0 Å². The molecule has 0 atom stereocenters. The number of urea groups is 1. The number of nitrogens with one attached hydrogen (secondary N) is 1. The van der Waals surface area contributed by atoms with Gasteiger partial charge in [-0.3, -0.25) is 4.90 Å². The molecule has 0 bridgehead atoms. The zero-order valence-electron chi connectivity index (χ0n) is 15.3. The molecule has 2 amide bonds. The van der Waals surface area contributed by atoms with Crippen LogP contribution in [0, 0.1) is 0 Å². The van der Waals surface area contributed by atoms with Crippen molar-refractivity contribution >= 4 is 6.03 Å². The largest absolute Gasteiger partial charge is 0.326 e. The van der Waals surface area contributed by atoms with E-state index >= 15 is 0 Å². The Morgan fingerprint density at radius 2 is 1.71 bits per heavy atom. The number of hydrogen-bond donors (Lipinski definition) is 1. The summed E-state index contributed by atoms with van der Waals surface area (Å²) in [4.78, 5) is 13.2. The number of amides is 2. The van der Waals surface area contributed by atoms with Crippen LogP contribution in [0.1, 0.15) is 67.7 Å². The normalized spacial score (nSPS) is 13.5. The quantitative estimate of drug-likeness (QED) is 0.649. The molecule has 0 aromatic carbocycles. The molecule has 1 aliphatic rings. The van der Waals surface area contributed by atoms with Crippen molar-refractivity contribution in [3.05, 3.63) is 36.7 Å². The maximum absolute atomic E-state index is 11.5. The van der Waals surface area contributed by atoms with Crippen LogP contribution in [-0.4, -0.2) is 17.5 Å². The molecular formula is C18H36N2O. The van der Waals surface area contributed by atoms with Gasteiger partial charge in [-0.1, -0.05) is 74.1 Å². The van der Waals surface area contributed by atoms with E-state index in [2.05, 4.69) is 32.3 Å². The molecule has 0 saturated carbocycles. The highest BCUT2D eigenvalue weighted by atomic mass is 16.2. The minimum absolute atomic E-state index is 0.110. The van der Waals surface area contributed by atoms with Gasteiger partial charge in [0.2, 0.25) is 0 Å². The monoisotopic (exact) mass is 296 g/mol. The van der Waals surface area contributed by atoms with Crippen molar-refractivity contribution in [3.8, 4) is 0 Å². The second-order valence-corrected chi connectivity index (χ2v) is 3.88. The minimum atomic E-state index is -0.110. The van der Waals surface area contributed by atoms with E-state index in [1.165, 1.54) is 6.42 Å². The van der Waals surface area contributed by atoms with Gasteiger partial charge in [-0.25, -0.2) is 4.79 Å². The van der Waals surface area contributed by atoms with Gasteiger partial charge in [-0.15, -0.1) is 0 Å². The van der Waals surface area contributed by atoms with Crippen molar-refractivity contribution in [3.63, 3.8) is 0 Å². The Hall–Kier alpha value is -1.51. The van der Waals surface area contributed by atoms with Crippen LogP contribution < -0.4 is 5.32 Å². The molecule has 1 aliphatic heterocycles. The lowest BCUT2D eigenvalue weighted by Gasteiger charge is -2.29. The topological polar surface area (TPSA) is 32.3 Å². The minimum Gasteiger partial charge on any atom is -0.312 e. The molecule has 0 spiro atoms. The highest BCUT2D eigenvalue weighted by Crippen LogP contribution is 2.14. The first-order valence-corrected chi connectivity index (χ1v) is 8.19. The zero-order chi connectivity index (χ0) is 17.3. The van der Waals surface area contributed by atoms with Gasteiger partial charge in [-0.05, 0) is 12.5 Å². The molecule has 124 valence electrons. The maximum atomic E-state index is 11.5. The summed E-state index contributed by atoms with van der Waals surface area (Å²) in [5.41, 5.74) is 1.66. The number of hydrogen-bond acceptors (Lipinski definition) is 1. The fourth-order valence-electron chi connectivity index (χ4n) is 1.39. The standard InChI is InChI=1S/C11H16N2O.C3H8.2C2H6/c1-4-6-10(5-2)13-8-7-9(3)12-11(13)14;1-3-2;2*1-2/h5-6H,2-4,7-8H2,1H3,(H,12,14);3H2,1-2H3;2*1-2H3/b10-6+;;;. The molecule has 1 N–H and O–H groups in total. The van der Waals surface area contributed by atoms with Crippen molar-refractivity contribution < 1.29 is 4.79 Å². The predicted molar refractivity (Wildman–Crippen MR) is 96.2 cm³/mol. The fourth-order valence-corrected chi connectivity index (χ4v) is 1.39. The Labute approximate surface area is 132 Å². The summed E-state index contributed by atoms with van der Waals surface area (Å²) >= 11 is 0. The van der Waals surface area contributed by atoms with Gasteiger partial charge in [0.25, 0.3) is 0 Å². The predicted octanol–water partition coefficient (Wildman–Crippen LogP) is 5.86. The third kappa shape index (κ3) is 12.0. The van der Waals surface area contributed by atoms with E-state index in [4.69, 9.17) is 0 Å². The Morgan fingerprint density at radius 3 is 2.05 bits per heavy atom. The maximum Gasteiger partial charge on any atom is 0.326 e. The van der Waals surface area contributed by atoms with E-state index in [0.717, 1.165) is 24.2 Å². The molecule has 0 radical (unpaired) electrons. The molecule has 1 rings (SSSR count). The van der Waals surface area contributed by atoms with Gasteiger partial charge in [0, 0.05) is 24.4 Å². The van der Waals surface area contributed by atoms with Crippen LogP contribution in [0.2, 0.25) is 0 Å². The first-order chi connectivity index (χ1) is 10.1. The van der Waals surface area contributed by atoms with Crippen LogP contribution in [-0.2, 0) is 0 Å². The molecule has 0 aromatic heterocycles. The number of rotatable bonds is 3. The van der Waals surface area contributed by atoms with Gasteiger partial charge in [0.15, 0.2) is 0 Å². The van der Waals surface area contributed by atoms with E-state index in [-0.39, 0.29) is 6.03 Å². The molecule has 21 heavy (non-hydrogen) atoms. The molecule has 0 aliphatic carbocycles. The molecule has 3 nitrogen and oxygen atoms in total. The third-order valence-corrected chi connectivity index (χ3v) is 2.10. The first kappa shape index (κ1) is 24.5. The summed E-state index contributed by atoms with van der Waals surface area (Å²) in [6, 6.07) is -0.110. The lowest BCUT2D eigenvalue weighted by molar-refractivity contribution is 0.208. The van der Waals surface area contributed by atoms with Gasteiger partial charge in [0.1, 0.15) is 0 Å². The van der Waals surface area contributed by atoms with Crippen LogP contribution in [0.15, 0.2) is 36.7 Å². The number of allylic oxidation sites excluding steroid dienone is 2. The Bertz CT molecular complexity index is 306. The third-order valence-electron chi connectivity index (χ3n) is 2.10. The number of carbonyl (C=O) groups excluding carboxylic acids is 1. The summed E-state index contributed by atoms with van der Waals surface area (Å²) in [5.74, 6) is 0. The molecule has 3 heteroatoms. The molecule has 1 fully saturated rings. The summed E-state index contributed by atoms with van der Waals surface area (Å²) in [5, 5.41) is 2.71. The van der Waals surface area contributed by atoms with E-state index in [9.17, 15) is 4.79 Å². The zero-order valence-corrected chi connectivity index (χ0v) is 15.3. The summed E-state index contributed by atoms with van der Waals surface area (Å²) in [7, 11) is 0. The SMILES string of the molecule is C=C/C(=C\CC)N1CCC(=C)NC1=O.CC.CC.CCC. The van der Waals surface area contributed by atoms with Crippen molar-refractivity contribution in [1.29, 1.82) is 0 Å². The summed E-state index contributed by atoms with van der Waals surface area (Å²) in [6.45, 7) is 22.4. The van der Waals surface area contributed by atoms with Crippen molar-refractivity contribution in [2.24, 2.45) is 0 Å². The van der Waals surface area contributed by atoms with E-state index in [1.54, 1.807) is 11.0 Å². The lowest BCUT2D eigenvalue weighted by Crippen LogP contribution is -2.43. The molecule has 1 heterocycles. The van der Waals surface area contributed by atoms with Crippen LogP contribution in [0.5, 0.6) is 0 Å². The number of nitrogens with zero attached hydrogens (tertiary/aromatic N) is 1. The molecule has 0 aromatic rings. The Kier molecular flexibility index (Phi) is 21.6. The molecule has 0 unspecified atom stereocenters. The van der Waals surface area contributed by atoms with Crippen LogP contribution in [0.25, 0.3) is 0 Å². The Balaban J connectivity index is -0.000000399. The fraction of sp³-hybridized carbons (Fsp3) is 0.611. The van der Waals surface area contributed by atoms with Crippen molar-refractivity contribution in [1.82, 2.24) is 10.2 Å². The average molecular weight is 296 g/mol. The summed E-state index contributed by atoms with van der Waals surface area (Å²) < 4.78 is 0. The van der Waals surface area contributed by atoms with E-state index < -0.39 is 0 Å².